The molecule has 0 saturated heterocycles. The lowest BCUT2D eigenvalue weighted by molar-refractivity contribution is -0.236. The van der Waals surface area contributed by atoms with Crippen LogP contribution < -0.4 is 4.74 Å². The van der Waals surface area contributed by atoms with Crippen molar-refractivity contribution < 1.29 is 22.3 Å². The maximum absolute atomic E-state index is 13.1. The SMILES string of the molecule is CCCCCCCC1CCC(CCC2CCC(c3ccc(OC(F)C(F)(F)F)cc3)CC2)CC1. The zero-order valence-corrected chi connectivity index (χ0v) is 20.9. The molecule has 0 heterocycles. The van der Waals surface area contributed by atoms with E-state index in [-0.39, 0.29) is 5.75 Å². The fraction of sp³-hybridized carbons (Fsp3) is 0.793. The predicted molar refractivity (Wildman–Crippen MR) is 131 cm³/mol. The van der Waals surface area contributed by atoms with Gasteiger partial charge in [-0.05, 0) is 67.1 Å². The third-order valence-corrected chi connectivity index (χ3v) is 8.36. The van der Waals surface area contributed by atoms with Crippen molar-refractivity contribution in [3.8, 4) is 5.75 Å². The average Bonchev–Trinajstić information content (AvgIpc) is 2.83. The number of hydrogen-bond donors (Lipinski definition) is 0. The van der Waals surface area contributed by atoms with Gasteiger partial charge in [-0.2, -0.15) is 17.6 Å². The Morgan fingerprint density at radius 1 is 0.735 bits per heavy atom. The first kappa shape index (κ1) is 27.3. The van der Waals surface area contributed by atoms with Crippen molar-refractivity contribution in [1.29, 1.82) is 0 Å². The van der Waals surface area contributed by atoms with Crippen molar-refractivity contribution in [1.82, 2.24) is 0 Å². The molecule has 0 spiro atoms. The fourth-order valence-corrected chi connectivity index (χ4v) is 6.11. The summed E-state index contributed by atoms with van der Waals surface area (Å²) in [5.74, 6) is 3.09. The van der Waals surface area contributed by atoms with Crippen molar-refractivity contribution in [3.63, 3.8) is 0 Å². The van der Waals surface area contributed by atoms with Crippen LogP contribution in [0.1, 0.15) is 121 Å². The molecule has 2 aliphatic carbocycles. The molecule has 1 unspecified atom stereocenters. The standard InChI is InChI=1S/C29H44F4O/c1-2-3-4-5-6-7-22-8-10-23(11-9-22)12-13-24-14-16-25(17-15-24)26-18-20-27(21-19-26)34-28(30)29(31,32)33/h18-25,28H,2-17H2,1H3. The smallest absolute Gasteiger partial charge is 0.452 e. The minimum Gasteiger partial charge on any atom is -0.452 e. The molecule has 1 atom stereocenters. The quantitative estimate of drug-likeness (QED) is 0.212. The first-order valence-corrected chi connectivity index (χ1v) is 13.8. The second-order valence-electron chi connectivity index (χ2n) is 10.9. The number of ether oxygens (including phenoxy) is 1. The van der Waals surface area contributed by atoms with Gasteiger partial charge in [-0.25, -0.2) is 0 Å². The average molecular weight is 485 g/mol. The number of halogens is 4. The van der Waals surface area contributed by atoms with Crippen molar-refractivity contribution in [2.24, 2.45) is 17.8 Å². The second kappa shape index (κ2) is 13.7. The van der Waals surface area contributed by atoms with E-state index < -0.39 is 12.5 Å². The molecule has 3 rings (SSSR count). The van der Waals surface area contributed by atoms with Gasteiger partial charge in [0.1, 0.15) is 5.75 Å². The number of benzene rings is 1. The number of rotatable bonds is 12. The van der Waals surface area contributed by atoms with Gasteiger partial charge in [0.25, 0.3) is 0 Å². The molecule has 0 aromatic heterocycles. The third-order valence-electron chi connectivity index (χ3n) is 8.36. The van der Waals surface area contributed by atoms with Crippen LogP contribution in [0, 0.1) is 17.8 Å². The number of alkyl halides is 4. The van der Waals surface area contributed by atoms with E-state index >= 15 is 0 Å². The highest BCUT2D eigenvalue weighted by Gasteiger charge is 2.42. The lowest BCUT2D eigenvalue weighted by Gasteiger charge is -2.32. The molecule has 194 valence electrons. The van der Waals surface area contributed by atoms with Gasteiger partial charge < -0.3 is 4.74 Å². The zero-order valence-electron chi connectivity index (χ0n) is 20.9. The molecule has 1 aromatic carbocycles. The molecule has 2 aliphatic rings. The Kier molecular flexibility index (Phi) is 11.0. The van der Waals surface area contributed by atoms with Gasteiger partial charge >= 0.3 is 12.5 Å². The van der Waals surface area contributed by atoms with Crippen LogP contribution in [-0.4, -0.2) is 12.5 Å². The summed E-state index contributed by atoms with van der Waals surface area (Å²) in [6, 6.07) is 6.51. The van der Waals surface area contributed by atoms with Gasteiger partial charge in [0, 0.05) is 0 Å². The van der Waals surface area contributed by atoms with Crippen LogP contribution >= 0.6 is 0 Å². The highest BCUT2D eigenvalue weighted by molar-refractivity contribution is 5.30. The Bertz CT molecular complexity index is 670. The maximum atomic E-state index is 13.1. The van der Waals surface area contributed by atoms with Crippen molar-refractivity contribution in [2.45, 2.75) is 128 Å². The third kappa shape index (κ3) is 9.07. The van der Waals surface area contributed by atoms with E-state index in [1.54, 1.807) is 12.1 Å². The van der Waals surface area contributed by atoms with E-state index in [1.807, 2.05) is 0 Å². The Labute approximate surface area is 204 Å². The van der Waals surface area contributed by atoms with Crippen molar-refractivity contribution >= 4 is 0 Å². The number of hydrogen-bond acceptors (Lipinski definition) is 1. The molecule has 2 fully saturated rings. The second-order valence-corrected chi connectivity index (χ2v) is 10.9. The largest absolute Gasteiger partial charge is 0.457 e. The lowest BCUT2D eigenvalue weighted by atomic mass is 9.74. The monoisotopic (exact) mass is 484 g/mol. The fourth-order valence-electron chi connectivity index (χ4n) is 6.11. The first-order chi connectivity index (χ1) is 16.3. The summed E-state index contributed by atoms with van der Waals surface area (Å²) >= 11 is 0. The van der Waals surface area contributed by atoms with E-state index in [2.05, 4.69) is 11.7 Å². The summed E-state index contributed by atoms with van der Waals surface area (Å²) in [4.78, 5) is 0. The minimum absolute atomic E-state index is 0.0755. The normalized spacial score (nSPS) is 26.9. The van der Waals surface area contributed by atoms with E-state index in [9.17, 15) is 17.6 Å². The van der Waals surface area contributed by atoms with Crippen LogP contribution in [0.4, 0.5) is 17.6 Å². The van der Waals surface area contributed by atoms with E-state index in [0.29, 0.717) is 5.92 Å². The molecular formula is C29H44F4O. The van der Waals surface area contributed by atoms with Gasteiger partial charge in [0.05, 0.1) is 0 Å². The Morgan fingerprint density at radius 2 is 1.24 bits per heavy atom. The van der Waals surface area contributed by atoms with Crippen molar-refractivity contribution in [3.05, 3.63) is 29.8 Å². The molecule has 5 heteroatoms. The minimum atomic E-state index is -5.00. The molecule has 2 saturated carbocycles. The Morgan fingerprint density at radius 3 is 1.76 bits per heavy atom. The topological polar surface area (TPSA) is 9.23 Å². The number of unbranched alkanes of at least 4 members (excludes halogenated alkanes) is 4. The van der Waals surface area contributed by atoms with Crippen LogP contribution in [0.3, 0.4) is 0 Å². The van der Waals surface area contributed by atoms with Crippen LogP contribution in [0.15, 0.2) is 24.3 Å². The first-order valence-electron chi connectivity index (χ1n) is 13.8. The lowest BCUT2D eigenvalue weighted by Crippen LogP contribution is -2.29. The summed E-state index contributed by atoms with van der Waals surface area (Å²) in [6.45, 7) is 2.28. The zero-order chi connectivity index (χ0) is 24.4. The summed E-state index contributed by atoms with van der Waals surface area (Å²) in [5.41, 5.74) is 1.13. The Hall–Kier alpha value is -1.26. The molecule has 0 N–H and O–H groups in total. The molecule has 1 aromatic rings. The van der Waals surface area contributed by atoms with Gasteiger partial charge in [-0.3, -0.25) is 0 Å². The molecule has 0 radical (unpaired) electrons. The summed E-state index contributed by atoms with van der Waals surface area (Å²) in [7, 11) is 0. The van der Waals surface area contributed by atoms with Gasteiger partial charge in [-0.1, -0.05) is 96.1 Å². The van der Waals surface area contributed by atoms with Crippen LogP contribution in [-0.2, 0) is 0 Å². The summed E-state index contributed by atoms with van der Waals surface area (Å²) in [5, 5.41) is 0. The highest BCUT2D eigenvalue weighted by atomic mass is 19.4. The van der Waals surface area contributed by atoms with Crippen LogP contribution in [0.2, 0.25) is 0 Å². The summed E-state index contributed by atoms with van der Waals surface area (Å²) in [6.07, 6.45) is 13.3. The molecule has 0 bridgehead atoms. The van der Waals surface area contributed by atoms with Crippen LogP contribution in [0.25, 0.3) is 0 Å². The van der Waals surface area contributed by atoms with Gasteiger partial charge in [-0.15, -0.1) is 0 Å². The summed E-state index contributed by atoms with van der Waals surface area (Å²) < 4.78 is 54.4. The van der Waals surface area contributed by atoms with Crippen molar-refractivity contribution in [2.75, 3.05) is 0 Å². The van der Waals surface area contributed by atoms with E-state index in [1.165, 1.54) is 102 Å². The van der Waals surface area contributed by atoms with Gasteiger partial charge in [0.2, 0.25) is 0 Å². The molecular weight excluding hydrogens is 440 g/mol. The molecule has 34 heavy (non-hydrogen) atoms. The van der Waals surface area contributed by atoms with E-state index in [4.69, 9.17) is 0 Å². The van der Waals surface area contributed by atoms with Gasteiger partial charge in [0.15, 0.2) is 0 Å². The molecule has 1 nitrogen and oxygen atoms in total. The van der Waals surface area contributed by atoms with E-state index in [0.717, 1.165) is 36.2 Å². The molecule has 0 aliphatic heterocycles. The maximum Gasteiger partial charge on any atom is 0.457 e. The van der Waals surface area contributed by atoms with Crippen LogP contribution in [0.5, 0.6) is 5.75 Å². The molecule has 0 amide bonds. The predicted octanol–water partition coefficient (Wildman–Crippen LogP) is 10.1. The highest BCUT2D eigenvalue weighted by Crippen LogP contribution is 2.40. The Balaban J connectivity index is 1.29.